The van der Waals surface area contributed by atoms with Gasteiger partial charge < -0.3 is 0 Å². The van der Waals surface area contributed by atoms with E-state index in [1.165, 1.54) is 19.3 Å². The van der Waals surface area contributed by atoms with Crippen LogP contribution in [-0.2, 0) is 12.8 Å². The van der Waals surface area contributed by atoms with Crippen LogP contribution in [0.15, 0.2) is 6.07 Å². The van der Waals surface area contributed by atoms with Crippen LogP contribution in [0.4, 0.5) is 0 Å². The molecule has 0 saturated carbocycles. The van der Waals surface area contributed by atoms with Crippen molar-refractivity contribution in [2.24, 2.45) is 0 Å². The Balaban J connectivity index is 2.34. The molecular weight excluding hydrogens is 152 g/mol. The molecule has 0 spiro atoms. The van der Waals surface area contributed by atoms with E-state index >= 15 is 0 Å². The summed E-state index contributed by atoms with van der Waals surface area (Å²) in [5.74, 6) is 0.727. The van der Waals surface area contributed by atoms with Crippen LogP contribution in [0.3, 0.4) is 0 Å². The molecule has 0 fully saturated rings. The second kappa shape index (κ2) is 2.63. The smallest absolute Gasteiger partial charge is 0.00803 e. The number of fused-ring (bicyclic) bond motifs is 1. The van der Waals surface area contributed by atoms with Crippen LogP contribution in [-0.4, -0.2) is 0 Å². The zero-order chi connectivity index (χ0) is 7.84. The molecule has 0 aromatic carbocycles. The average molecular weight is 166 g/mol. The van der Waals surface area contributed by atoms with E-state index in [1.807, 2.05) is 11.3 Å². The van der Waals surface area contributed by atoms with Gasteiger partial charge in [0, 0.05) is 9.75 Å². The summed E-state index contributed by atoms with van der Waals surface area (Å²) in [4.78, 5) is 3.24. The molecular formula is C10H14S. The van der Waals surface area contributed by atoms with E-state index in [1.54, 1.807) is 15.3 Å². The molecule has 1 aromatic heterocycles. The topological polar surface area (TPSA) is 0 Å². The Morgan fingerprint density at radius 3 is 2.82 bits per heavy atom. The number of hydrogen-bond donors (Lipinski definition) is 0. The zero-order valence-corrected chi connectivity index (χ0v) is 8.00. The van der Waals surface area contributed by atoms with Crippen LogP contribution in [0.5, 0.6) is 0 Å². The lowest BCUT2D eigenvalue weighted by Gasteiger charge is -1.97. The number of thiophene rings is 1. The lowest BCUT2D eigenvalue weighted by atomic mass is 10.1. The fraction of sp³-hybridized carbons (Fsp3) is 0.600. The van der Waals surface area contributed by atoms with Gasteiger partial charge in [-0.3, -0.25) is 0 Å². The second-order valence-electron chi connectivity index (χ2n) is 3.61. The molecule has 0 N–H and O–H groups in total. The number of hydrogen-bond acceptors (Lipinski definition) is 1. The van der Waals surface area contributed by atoms with Crippen molar-refractivity contribution in [3.63, 3.8) is 0 Å². The molecule has 2 rings (SSSR count). The highest BCUT2D eigenvalue weighted by molar-refractivity contribution is 7.12. The molecule has 60 valence electrons. The molecule has 0 nitrogen and oxygen atoms in total. The predicted molar refractivity (Wildman–Crippen MR) is 50.4 cm³/mol. The van der Waals surface area contributed by atoms with Gasteiger partial charge in [-0.1, -0.05) is 13.8 Å². The molecule has 1 aliphatic carbocycles. The summed E-state index contributed by atoms with van der Waals surface area (Å²) >= 11 is 2.03. The summed E-state index contributed by atoms with van der Waals surface area (Å²) in [6.45, 7) is 4.56. The van der Waals surface area contributed by atoms with Gasteiger partial charge in [0.15, 0.2) is 0 Å². The fourth-order valence-corrected chi connectivity index (χ4v) is 2.90. The first-order valence-electron chi connectivity index (χ1n) is 4.39. The molecule has 0 atom stereocenters. The number of aryl methyl sites for hydroxylation is 2. The van der Waals surface area contributed by atoms with Crippen LogP contribution < -0.4 is 0 Å². The van der Waals surface area contributed by atoms with Crippen molar-refractivity contribution in [2.45, 2.75) is 39.0 Å². The lowest BCUT2D eigenvalue weighted by molar-refractivity contribution is 0.878. The summed E-state index contributed by atoms with van der Waals surface area (Å²) in [5.41, 5.74) is 1.64. The maximum Gasteiger partial charge on any atom is 0.00803 e. The van der Waals surface area contributed by atoms with Crippen molar-refractivity contribution in [1.82, 2.24) is 0 Å². The third kappa shape index (κ3) is 1.22. The first-order valence-corrected chi connectivity index (χ1v) is 5.20. The highest BCUT2D eigenvalue weighted by Gasteiger charge is 2.15. The molecule has 0 aliphatic heterocycles. The Morgan fingerprint density at radius 1 is 1.36 bits per heavy atom. The van der Waals surface area contributed by atoms with Gasteiger partial charge in [0.05, 0.1) is 0 Å². The van der Waals surface area contributed by atoms with Gasteiger partial charge in [-0.25, -0.2) is 0 Å². The molecule has 1 heterocycles. The van der Waals surface area contributed by atoms with Crippen LogP contribution in [0, 0.1) is 0 Å². The normalized spacial score (nSPS) is 15.9. The van der Waals surface area contributed by atoms with Crippen molar-refractivity contribution in [1.29, 1.82) is 0 Å². The van der Waals surface area contributed by atoms with Crippen LogP contribution in [0.2, 0.25) is 0 Å². The molecule has 0 unspecified atom stereocenters. The van der Waals surface area contributed by atoms with Gasteiger partial charge in [0.1, 0.15) is 0 Å². The van der Waals surface area contributed by atoms with E-state index in [9.17, 15) is 0 Å². The summed E-state index contributed by atoms with van der Waals surface area (Å²) < 4.78 is 0. The second-order valence-corrected chi connectivity index (χ2v) is 4.77. The van der Waals surface area contributed by atoms with E-state index in [0.29, 0.717) is 0 Å². The van der Waals surface area contributed by atoms with Crippen molar-refractivity contribution in [2.75, 3.05) is 0 Å². The van der Waals surface area contributed by atoms with Gasteiger partial charge in [-0.05, 0) is 36.8 Å². The maximum absolute atomic E-state index is 2.41. The van der Waals surface area contributed by atoms with Gasteiger partial charge in [-0.15, -0.1) is 11.3 Å². The largest absolute Gasteiger partial charge is 0.145 e. The van der Waals surface area contributed by atoms with E-state index in [4.69, 9.17) is 0 Å². The van der Waals surface area contributed by atoms with Gasteiger partial charge in [0.25, 0.3) is 0 Å². The Hall–Kier alpha value is -0.300. The summed E-state index contributed by atoms with van der Waals surface area (Å²) in [5, 5.41) is 0. The standard InChI is InChI=1S/C10H14S/c1-7(2)10-6-8-4-3-5-9(8)11-10/h6-7H,3-5H2,1-2H3. The molecule has 11 heavy (non-hydrogen) atoms. The highest BCUT2D eigenvalue weighted by Crippen LogP contribution is 2.33. The molecule has 0 bridgehead atoms. The molecule has 0 radical (unpaired) electrons. The molecule has 0 amide bonds. The minimum absolute atomic E-state index is 0.727. The van der Waals surface area contributed by atoms with Crippen molar-refractivity contribution < 1.29 is 0 Å². The Kier molecular flexibility index (Phi) is 1.76. The summed E-state index contributed by atoms with van der Waals surface area (Å²) in [6.07, 6.45) is 4.06. The van der Waals surface area contributed by atoms with Gasteiger partial charge in [0.2, 0.25) is 0 Å². The Labute approximate surface area is 72.3 Å². The molecule has 1 heteroatoms. The fourth-order valence-electron chi connectivity index (χ4n) is 1.64. The maximum atomic E-state index is 2.41. The van der Waals surface area contributed by atoms with Crippen LogP contribution in [0.1, 0.15) is 41.5 Å². The minimum Gasteiger partial charge on any atom is -0.145 e. The Bertz CT molecular complexity index is 236. The van der Waals surface area contributed by atoms with E-state index < -0.39 is 0 Å². The summed E-state index contributed by atoms with van der Waals surface area (Å²) in [6, 6.07) is 2.41. The first-order chi connectivity index (χ1) is 5.27. The quantitative estimate of drug-likeness (QED) is 0.600. The Morgan fingerprint density at radius 2 is 2.18 bits per heavy atom. The molecule has 1 aliphatic rings. The van der Waals surface area contributed by atoms with Gasteiger partial charge >= 0.3 is 0 Å². The third-order valence-electron chi connectivity index (χ3n) is 2.33. The lowest BCUT2D eigenvalue weighted by Crippen LogP contribution is -1.80. The SMILES string of the molecule is CC(C)c1cc2c(s1)CCC2. The van der Waals surface area contributed by atoms with Crippen LogP contribution >= 0.6 is 11.3 Å². The van der Waals surface area contributed by atoms with Crippen molar-refractivity contribution in [3.05, 3.63) is 21.4 Å². The zero-order valence-electron chi connectivity index (χ0n) is 7.18. The van der Waals surface area contributed by atoms with E-state index in [2.05, 4.69) is 19.9 Å². The minimum atomic E-state index is 0.727. The van der Waals surface area contributed by atoms with E-state index in [-0.39, 0.29) is 0 Å². The molecule has 0 saturated heterocycles. The average Bonchev–Trinajstić information content (AvgIpc) is 2.40. The van der Waals surface area contributed by atoms with Gasteiger partial charge in [-0.2, -0.15) is 0 Å². The number of rotatable bonds is 1. The predicted octanol–water partition coefficient (Wildman–Crippen LogP) is 3.36. The third-order valence-corrected chi connectivity index (χ3v) is 3.87. The van der Waals surface area contributed by atoms with Crippen LogP contribution in [0.25, 0.3) is 0 Å². The monoisotopic (exact) mass is 166 g/mol. The van der Waals surface area contributed by atoms with Crippen molar-refractivity contribution in [3.8, 4) is 0 Å². The highest BCUT2D eigenvalue weighted by atomic mass is 32.1. The molecule has 1 aromatic rings. The van der Waals surface area contributed by atoms with E-state index in [0.717, 1.165) is 5.92 Å². The summed E-state index contributed by atoms with van der Waals surface area (Å²) in [7, 11) is 0. The first kappa shape index (κ1) is 7.35. The van der Waals surface area contributed by atoms with Crippen molar-refractivity contribution >= 4 is 11.3 Å².